The summed E-state index contributed by atoms with van der Waals surface area (Å²) < 4.78 is 5.10. The molecule has 2 amide bonds. The fraction of sp³-hybridized carbons (Fsp3) is 0.533. The highest BCUT2D eigenvalue weighted by molar-refractivity contribution is 5.74. The Morgan fingerprint density at radius 2 is 2.20 bits per heavy atom. The maximum Gasteiger partial charge on any atom is 0.317 e. The van der Waals surface area contributed by atoms with Crippen LogP contribution in [0.3, 0.4) is 0 Å². The molecular weight excluding hydrogens is 256 g/mol. The minimum atomic E-state index is -0.0329. The van der Waals surface area contributed by atoms with Crippen molar-refractivity contribution in [3.8, 4) is 5.75 Å². The van der Waals surface area contributed by atoms with Crippen molar-refractivity contribution in [2.45, 2.75) is 12.8 Å². The number of nitrogens with one attached hydrogen (secondary N) is 1. The Balaban J connectivity index is 1.71. The zero-order valence-electron chi connectivity index (χ0n) is 11.8. The van der Waals surface area contributed by atoms with E-state index in [1.54, 1.807) is 12.0 Å². The van der Waals surface area contributed by atoms with E-state index < -0.39 is 0 Å². The molecule has 1 aromatic rings. The lowest BCUT2D eigenvalue weighted by Gasteiger charge is -2.17. The molecule has 1 fully saturated rings. The maximum atomic E-state index is 11.9. The molecule has 2 N–H and O–H groups in total. The van der Waals surface area contributed by atoms with Gasteiger partial charge in [-0.3, -0.25) is 0 Å². The van der Waals surface area contributed by atoms with Crippen LogP contribution in [0, 0.1) is 5.92 Å². The van der Waals surface area contributed by atoms with Crippen LogP contribution in [0.5, 0.6) is 5.75 Å². The minimum absolute atomic E-state index is 0.0329. The van der Waals surface area contributed by atoms with Crippen molar-refractivity contribution in [2.75, 3.05) is 33.4 Å². The molecule has 1 atom stereocenters. The van der Waals surface area contributed by atoms with E-state index >= 15 is 0 Å². The molecule has 1 saturated heterocycles. The summed E-state index contributed by atoms with van der Waals surface area (Å²) in [7, 11) is 1.64. The fourth-order valence-corrected chi connectivity index (χ4v) is 2.38. The predicted molar refractivity (Wildman–Crippen MR) is 76.9 cm³/mol. The monoisotopic (exact) mass is 278 g/mol. The summed E-state index contributed by atoms with van der Waals surface area (Å²) in [5.74, 6) is 1.08. The van der Waals surface area contributed by atoms with Gasteiger partial charge in [-0.25, -0.2) is 4.79 Å². The number of ether oxygens (including phenoxy) is 1. The first kappa shape index (κ1) is 14.7. The molecule has 0 aromatic heterocycles. The Bertz CT molecular complexity index is 433. The summed E-state index contributed by atoms with van der Waals surface area (Å²) in [6.45, 7) is 2.17. The van der Waals surface area contributed by atoms with Gasteiger partial charge in [0.2, 0.25) is 0 Å². The van der Waals surface area contributed by atoms with Gasteiger partial charge in [0.15, 0.2) is 0 Å². The van der Waals surface area contributed by atoms with E-state index in [1.165, 1.54) is 5.56 Å². The highest BCUT2D eigenvalue weighted by atomic mass is 16.5. The van der Waals surface area contributed by atoms with Crippen LogP contribution in [-0.4, -0.2) is 49.4 Å². The van der Waals surface area contributed by atoms with Crippen molar-refractivity contribution in [1.82, 2.24) is 10.2 Å². The first-order valence-corrected chi connectivity index (χ1v) is 6.99. The number of rotatable bonds is 5. The largest absolute Gasteiger partial charge is 0.497 e. The van der Waals surface area contributed by atoms with Gasteiger partial charge in [-0.1, -0.05) is 12.1 Å². The lowest BCUT2D eigenvalue weighted by molar-refractivity contribution is 0.198. The third-order valence-electron chi connectivity index (χ3n) is 3.68. The first-order chi connectivity index (χ1) is 9.72. The zero-order valence-corrected chi connectivity index (χ0v) is 11.8. The molecule has 0 saturated carbocycles. The minimum Gasteiger partial charge on any atom is -0.497 e. The molecule has 1 heterocycles. The Labute approximate surface area is 119 Å². The lowest BCUT2D eigenvalue weighted by atomic mass is 10.1. The molecular formula is C15H22N2O3. The molecule has 110 valence electrons. The number of amides is 2. The van der Waals surface area contributed by atoms with Crippen molar-refractivity contribution in [3.63, 3.8) is 0 Å². The second-order valence-corrected chi connectivity index (χ2v) is 5.11. The number of hydrogen-bond acceptors (Lipinski definition) is 3. The standard InChI is InChI=1S/C15H22N2O3/c1-20-14-4-2-12(3-5-14)6-8-16-15(19)17-9-7-13(10-17)11-18/h2-5,13,18H,6-11H2,1H3,(H,16,19)/t13-/m0/s1. The van der Waals surface area contributed by atoms with Gasteiger partial charge in [0.05, 0.1) is 7.11 Å². The molecule has 1 aliphatic rings. The van der Waals surface area contributed by atoms with Crippen LogP contribution in [0.25, 0.3) is 0 Å². The smallest absolute Gasteiger partial charge is 0.317 e. The van der Waals surface area contributed by atoms with E-state index in [1.807, 2.05) is 24.3 Å². The summed E-state index contributed by atoms with van der Waals surface area (Å²) in [4.78, 5) is 13.7. The van der Waals surface area contributed by atoms with Crippen LogP contribution >= 0.6 is 0 Å². The molecule has 20 heavy (non-hydrogen) atoms. The van der Waals surface area contributed by atoms with Gasteiger partial charge < -0.3 is 20.1 Å². The van der Waals surface area contributed by atoms with E-state index in [-0.39, 0.29) is 18.6 Å². The number of urea groups is 1. The predicted octanol–water partition coefficient (Wildman–Crippen LogP) is 1.26. The van der Waals surface area contributed by atoms with E-state index in [0.717, 1.165) is 25.1 Å². The van der Waals surface area contributed by atoms with Crippen LogP contribution in [-0.2, 0) is 6.42 Å². The maximum absolute atomic E-state index is 11.9. The normalized spacial score (nSPS) is 18.1. The van der Waals surface area contributed by atoms with Crippen LogP contribution < -0.4 is 10.1 Å². The second-order valence-electron chi connectivity index (χ2n) is 5.11. The van der Waals surface area contributed by atoms with Gasteiger partial charge in [0.25, 0.3) is 0 Å². The fourth-order valence-electron chi connectivity index (χ4n) is 2.38. The molecule has 0 radical (unpaired) electrons. The number of nitrogens with zero attached hydrogens (tertiary/aromatic N) is 1. The molecule has 1 aliphatic heterocycles. The van der Waals surface area contributed by atoms with Gasteiger partial charge in [-0.2, -0.15) is 0 Å². The number of aliphatic hydroxyl groups is 1. The summed E-state index contributed by atoms with van der Waals surface area (Å²) in [6, 6.07) is 7.81. The van der Waals surface area contributed by atoms with Crippen LogP contribution in [0.4, 0.5) is 4.79 Å². The summed E-state index contributed by atoms with van der Waals surface area (Å²) in [6.07, 6.45) is 1.69. The van der Waals surface area contributed by atoms with Crippen molar-refractivity contribution >= 4 is 6.03 Å². The van der Waals surface area contributed by atoms with Gasteiger partial charge in [-0.15, -0.1) is 0 Å². The number of methoxy groups -OCH3 is 1. The van der Waals surface area contributed by atoms with Gasteiger partial charge in [-0.05, 0) is 30.5 Å². The Hall–Kier alpha value is -1.75. The van der Waals surface area contributed by atoms with E-state index in [2.05, 4.69) is 5.32 Å². The average molecular weight is 278 g/mol. The molecule has 0 unspecified atom stereocenters. The van der Waals surface area contributed by atoms with E-state index in [4.69, 9.17) is 9.84 Å². The Kier molecular flexibility index (Phi) is 5.24. The van der Waals surface area contributed by atoms with Crippen molar-refractivity contribution in [1.29, 1.82) is 0 Å². The van der Waals surface area contributed by atoms with Crippen molar-refractivity contribution in [3.05, 3.63) is 29.8 Å². The highest BCUT2D eigenvalue weighted by Gasteiger charge is 2.25. The highest BCUT2D eigenvalue weighted by Crippen LogP contribution is 2.15. The molecule has 5 heteroatoms. The summed E-state index contributed by atoms with van der Waals surface area (Å²) in [5, 5.41) is 12.0. The molecule has 5 nitrogen and oxygen atoms in total. The number of carbonyl (C=O) groups is 1. The molecule has 0 spiro atoms. The lowest BCUT2D eigenvalue weighted by Crippen LogP contribution is -2.39. The Morgan fingerprint density at radius 1 is 1.45 bits per heavy atom. The molecule has 0 aliphatic carbocycles. The van der Waals surface area contributed by atoms with E-state index in [0.29, 0.717) is 13.1 Å². The molecule has 2 rings (SSSR count). The van der Waals surface area contributed by atoms with Crippen molar-refractivity contribution < 1.29 is 14.6 Å². The second kappa shape index (κ2) is 7.14. The third-order valence-corrected chi connectivity index (χ3v) is 3.68. The summed E-state index contributed by atoms with van der Waals surface area (Å²) >= 11 is 0. The van der Waals surface area contributed by atoms with E-state index in [9.17, 15) is 4.79 Å². The van der Waals surface area contributed by atoms with Crippen LogP contribution in [0.2, 0.25) is 0 Å². The molecule has 0 bridgehead atoms. The number of likely N-dealkylation sites (tertiary alicyclic amines) is 1. The zero-order chi connectivity index (χ0) is 14.4. The van der Waals surface area contributed by atoms with Crippen molar-refractivity contribution in [2.24, 2.45) is 5.92 Å². The quantitative estimate of drug-likeness (QED) is 0.852. The van der Waals surface area contributed by atoms with Gasteiger partial charge in [0, 0.05) is 32.2 Å². The number of hydrogen-bond donors (Lipinski definition) is 2. The number of carbonyl (C=O) groups excluding carboxylic acids is 1. The average Bonchev–Trinajstić information content (AvgIpc) is 2.97. The SMILES string of the molecule is COc1ccc(CCNC(=O)N2CC[C@H](CO)C2)cc1. The first-order valence-electron chi connectivity index (χ1n) is 6.99. The number of aliphatic hydroxyl groups excluding tert-OH is 1. The number of benzene rings is 1. The van der Waals surface area contributed by atoms with Gasteiger partial charge in [0.1, 0.15) is 5.75 Å². The Morgan fingerprint density at radius 3 is 2.80 bits per heavy atom. The molecule has 1 aromatic carbocycles. The van der Waals surface area contributed by atoms with Gasteiger partial charge >= 0.3 is 6.03 Å². The van der Waals surface area contributed by atoms with Crippen LogP contribution in [0.15, 0.2) is 24.3 Å². The third kappa shape index (κ3) is 3.87. The topological polar surface area (TPSA) is 61.8 Å². The van der Waals surface area contributed by atoms with Crippen LogP contribution in [0.1, 0.15) is 12.0 Å². The summed E-state index contributed by atoms with van der Waals surface area (Å²) in [5.41, 5.74) is 1.17.